The summed E-state index contributed by atoms with van der Waals surface area (Å²) in [5.74, 6) is 1.64. The van der Waals surface area contributed by atoms with Crippen molar-refractivity contribution in [2.75, 3.05) is 17.7 Å². The van der Waals surface area contributed by atoms with E-state index in [1.165, 1.54) is 0 Å². The van der Waals surface area contributed by atoms with Crippen LogP contribution in [0.5, 0.6) is 0 Å². The summed E-state index contributed by atoms with van der Waals surface area (Å²) in [6.45, 7) is 0. The molecule has 0 atom stereocenters. The van der Waals surface area contributed by atoms with E-state index in [1.54, 1.807) is 6.20 Å². The van der Waals surface area contributed by atoms with E-state index in [1.807, 2.05) is 37.5 Å². The number of aromatic nitrogens is 3. The summed E-state index contributed by atoms with van der Waals surface area (Å²) >= 11 is 0. The van der Waals surface area contributed by atoms with Crippen molar-refractivity contribution in [3.05, 3.63) is 36.7 Å². The van der Waals surface area contributed by atoms with Crippen molar-refractivity contribution in [1.29, 1.82) is 0 Å². The molecular formula is C17H17N5O. The monoisotopic (exact) mass is 307 g/mol. The summed E-state index contributed by atoms with van der Waals surface area (Å²) in [5.41, 5.74) is 2.79. The lowest BCUT2D eigenvalue weighted by molar-refractivity contribution is -0.117. The highest BCUT2D eigenvalue weighted by Crippen LogP contribution is 2.33. The molecule has 0 spiro atoms. The number of aromatic amines is 1. The molecule has 0 radical (unpaired) electrons. The molecule has 0 saturated heterocycles. The SMILES string of the molecule is CNc1ncccc1-c1c[nH]c2nc(NC(=O)C3CC3)ccc12. The summed E-state index contributed by atoms with van der Waals surface area (Å²) in [4.78, 5) is 23.9. The van der Waals surface area contributed by atoms with Crippen LogP contribution in [0, 0.1) is 5.92 Å². The molecule has 116 valence electrons. The molecule has 1 amide bonds. The second-order valence-electron chi connectivity index (χ2n) is 5.71. The van der Waals surface area contributed by atoms with Gasteiger partial charge < -0.3 is 15.6 Å². The Morgan fingerprint density at radius 1 is 1.26 bits per heavy atom. The van der Waals surface area contributed by atoms with E-state index in [2.05, 4.69) is 25.6 Å². The number of hydrogen-bond donors (Lipinski definition) is 3. The quantitative estimate of drug-likeness (QED) is 0.692. The number of nitrogens with one attached hydrogen (secondary N) is 3. The first-order chi connectivity index (χ1) is 11.3. The predicted octanol–water partition coefficient (Wildman–Crippen LogP) is 3.02. The summed E-state index contributed by atoms with van der Waals surface area (Å²) in [6.07, 6.45) is 5.64. The third kappa shape index (κ3) is 2.52. The van der Waals surface area contributed by atoms with Gasteiger partial charge in [0, 0.05) is 41.9 Å². The fraction of sp³-hybridized carbons (Fsp3) is 0.235. The van der Waals surface area contributed by atoms with Crippen LogP contribution >= 0.6 is 0 Å². The molecule has 6 nitrogen and oxygen atoms in total. The van der Waals surface area contributed by atoms with Gasteiger partial charge in [0.05, 0.1) is 0 Å². The van der Waals surface area contributed by atoms with Crippen molar-refractivity contribution in [2.45, 2.75) is 12.8 Å². The molecule has 1 saturated carbocycles. The molecule has 4 rings (SSSR count). The fourth-order valence-electron chi connectivity index (χ4n) is 2.69. The first-order valence-corrected chi connectivity index (χ1v) is 7.68. The Morgan fingerprint density at radius 2 is 2.13 bits per heavy atom. The number of anilines is 2. The minimum atomic E-state index is 0.0633. The van der Waals surface area contributed by atoms with Gasteiger partial charge in [-0.3, -0.25) is 4.79 Å². The number of pyridine rings is 2. The number of carbonyl (C=O) groups is 1. The lowest BCUT2D eigenvalue weighted by Crippen LogP contribution is -2.14. The lowest BCUT2D eigenvalue weighted by atomic mass is 10.1. The van der Waals surface area contributed by atoms with Crippen LogP contribution in [0.2, 0.25) is 0 Å². The maximum absolute atomic E-state index is 11.8. The molecule has 3 aromatic rings. The van der Waals surface area contributed by atoms with Crippen LogP contribution in [0.15, 0.2) is 36.7 Å². The van der Waals surface area contributed by atoms with Crippen LogP contribution in [-0.2, 0) is 4.79 Å². The van der Waals surface area contributed by atoms with Crippen LogP contribution in [0.3, 0.4) is 0 Å². The minimum Gasteiger partial charge on any atom is -0.373 e. The van der Waals surface area contributed by atoms with Gasteiger partial charge in [-0.1, -0.05) is 0 Å². The van der Waals surface area contributed by atoms with E-state index < -0.39 is 0 Å². The molecule has 3 heterocycles. The van der Waals surface area contributed by atoms with Crippen LogP contribution in [-0.4, -0.2) is 27.9 Å². The third-order valence-electron chi connectivity index (χ3n) is 4.07. The lowest BCUT2D eigenvalue weighted by Gasteiger charge is -2.07. The van der Waals surface area contributed by atoms with Crippen LogP contribution in [0.25, 0.3) is 22.2 Å². The zero-order valence-corrected chi connectivity index (χ0v) is 12.8. The van der Waals surface area contributed by atoms with Crippen molar-refractivity contribution in [3.63, 3.8) is 0 Å². The number of amides is 1. The molecule has 1 fully saturated rings. The second-order valence-corrected chi connectivity index (χ2v) is 5.71. The molecule has 6 heteroatoms. The average Bonchev–Trinajstić information content (AvgIpc) is 3.35. The van der Waals surface area contributed by atoms with E-state index >= 15 is 0 Å². The van der Waals surface area contributed by atoms with E-state index in [4.69, 9.17) is 0 Å². The molecule has 3 N–H and O–H groups in total. The van der Waals surface area contributed by atoms with Crippen LogP contribution in [0.4, 0.5) is 11.6 Å². The molecule has 0 unspecified atom stereocenters. The van der Waals surface area contributed by atoms with E-state index in [0.29, 0.717) is 5.82 Å². The summed E-state index contributed by atoms with van der Waals surface area (Å²) in [5, 5.41) is 6.97. The zero-order chi connectivity index (χ0) is 15.8. The number of carbonyl (C=O) groups excluding carboxylic acids is 1. The Labute approximate surface area is 133 Å². The topological polar surface area (TPSA) is 82.7 Å². The van der Waals surface area contributed by atoms with Gasteiger partial charge in [-0.25, -0.2) is 9.97 Å². The van der Waals surface area contributed by atoms with Crippen molar-refractivity contribution >= 4 is 28.6 Å². The summed E-state index contributed by atoms with van der Waals surface area (Å²) in [6, 6.07) is 7.75. The van der Waals surface area contributed by atoms with Crippen molar-refractivity contribution in [2.24, 2.45) is 5.92 Å². The third-order valence-corrected chi connectivity index (χ3v) is 4.07. The Hall–Kier alpha value is -2.89. The first kappa shape index (κ1) is 13.8. The second kappa shape index (κ2) is 5.39. The fourth-order valence-corrected chi connectivity index (χ4v) is 2.69. The molecule has 1 aliphatic rings. The number of rotatable bonds is 4. The Morgan fingerprint density at radius 3 is 2.91 bits per heavy atom. The van der Waals surface area contributed by atoms with Gasteiger partial charge in [-0.2, -0.15) is 0 Å². The van der Waals surface area contributed by atoms with Crippen molar-refractivity contribution < 1.29 is 4.79 Å². The molecule has 0 aliphatic heterocycles. The maximum Gasteiger partial charge on any atom is 0.228 e. The largest absolute Gasteiger partial charge is 0.373 e. The smallest absolute Gasteiger partial charge is 0.228 e. The normalized spacial score (nSPS) is 14.0. The van der Waals surface area contributed by atoms with Gasteiger partial charge in [0.2, 0.25) is 5.91 Å². The maximum atomic E-state index is 11.8. The Bertz CT molecular complexity index is 882. The molecule has 3 aromatic heterocycles. The highest BCUT2D eigenvalue weighted by molar-refractivity contribution is 5.98. The van der Waals surface area contributed by atoms with E-state index in [0.717, 1.165) is 40.8 Å². The van der Waals surface area contributed by atoms with Crippen LogP contribution in [0.1, 0.15) is 12.8 Å². The van der Waals surface area contributed by atoms with Gasteiger partial charge in [0.25, 0.3) is 0 Å². The van der Waals surface area contributed by atoms with Crippen molar-refractivity contribution in [3.8, 4) is 11.1 Å². The number of fused-ring (bicyclic) bond motifs is 1. The molecule has 1 aliphatic carbocycles. The van der Waals surface area contributed by atoms with E-state index in [9.17, 15) is 4.79 Å². The number of hydrogen-bond acceptors (Lipinski definition) is 4. The number of nitrogens with zero attached hydrogens (tertiary/aromatic N) is 2. The predicted molar refractivity (Wildman–Crippen MR) is 90.2 cm³/mol. The van der Waals surface area contributed by atoms with Gasteiger partial charge >= 0.3 is 0 Å². The first-order valence-electron chi connectivity index (χ1n) is 7.68. The number of H-pyrrole nitrogens is 1. The summed E-state index contributed by atoms with van der Waals surface area (Å²) in [7, 11) is 1.85. The summed E-state index contributed by atoms with van der Waals surface area (Å²) < 4.78 is 0. The van der Waals surface area contributed by atoms with E-state index in [-0.39, 0.29) is 11.8 Å². The van der Waals surface area contributed by atoms with Crippen LogP contribution < -0.4 is 10.6 Å². The molecular weight excluding hydrogens is 290 g/mol. The minimum absolute atomic E-state index is 0.0633. The highest BCUT2D eigenvalue weighted by atomic mass is 16.2. The molecule has 0 aromatic carbocycles. The van der Waals surface area contributed by atoms with Crippen molar-refractivity contribution in [1.82, 2.24) is 15.0 Å². The highest BCUT2D eigenvalue weighted by Gasteiger charge is 2.29. The Balaban J connectivity index is 1.71. The molecule has 23 heavy (non-hydrogen) atoms. The van der Waals surface area contributed by atoms with Gasteiger partial charge in [-0.05, 0) is 37.1 Å². The standard InChI is InChI=1S/C17H17N5O/c1-18-15-11(3-2-8-19-15)13-9-20-16-12(13)6-7-14(21-16)22-17(23)10-4-5-10/h2-3,6-10H,4-5H2,1H3,(H,18,19)(H2,20,21,22,23). The zero-order valence-electron chi connectivity index (χ0n) is 12.8. The average molecular weight is 307 g/mol. The van der Waals surface area contributed by atoms with Gasteiger partial charge in [-0.15, -0.1) is 0 Å². The molecule has 0 bridgehead atoms. The van der Waals surface area contributed by atoms with Gasteiger partial charge in [0.1, 0.15) is 17.3 Å². The Kier molecular flexibility index (Phi) is 3.22. The van der Waals surface area contributed by atoms with Gasteiger partial charge in [0.15, 0.2) is 0 Å².